The van der Waals surface area contributed by atoms with Crippen LogP contribution in [0, 0.1) is 16.0 Å². The van der Waals surface area contributed by atoms with Gasteiger partial charge in [0.15, 0.2) is 0 Å². The first-order chi connectivity index (χ1) is 12.0. The van der Waals surface area contributed by atoms with Gasteiger partial charge >= 0.3 is 5.97 Å². The van der Waals surface area contributed by atoms with Crippen LogP contribution >= 0.6 is 15.9 Å². The Morgan fingerprint density at radius 3 is 2.76 bits per heavy atom. The van der Waals surface area contributed by atoms with Crippen molar-refractivity contribution in [2.45, 2.75) is 38.5 Å². The van der Waals surface area contributed by atoms with E-state index in [4.69, 9.17) is 4.74 Å². The van der Waals surface area contributed by atoms with E-state index in [0.717, 1.165) is 18.9 Å². The monoisotopic (exact) mass is 409 g/mol. The molecule has 1 aromatic carbocycles. The fraction of sp³-hybridized carbons (Fsp3) is 0.444. The van der Waals surface area contributed by atoms with Gasteiger partial charge in [0, 0.05) is 16.8 Å². The lowest BCUT2D eigenvalue weighted by Crippen LogP contribution is -2.29. The van der Waals surface area contributed by atoms with Crippen LogP contribution in [0.15, 0.2) is 40.5 Å². The van der Waals surface area contributed by atoms with Gasteiger partial charge in [-0.15, -0.1) is 0 Å². The molecular weight excluding hydrogens is 390 g/mol. The smallest absolute Gasteiger partial charge is 0.337 e. The zero-order valence-electron chi connectivity index (χ0n) is 13.9. The van der Waals surface area contributed by atoms with E-state index in [1.54, 1.807) is 31.2 Å². The molecule has 0 aliphatic heterocycles. The topological polar surface area (TPSA) is 86.5 Å². The number of ether oxygens (including phenoxy) is 1. The zero-order valence-corrected chi connectivity index (χ0v) is 15.5. The molecule has 0 heterocycles. The Labute approximate surface area is 154 Å². The summed E-state index contributed by atoms with van der Waals surface area (Å²) >= 11 is 3.42. The number of halogens is 1. The van der Waals surface area contributed by atoms with Crippen LogP contribution in [0.2, 0.25) is 0 Å². The molecule has 1 fully saturated rings. The maximum Gasteiger partial charge on any atom is 0.337 e. The van der Waals surface area contributed by atoms with Crippen molar-refractivity contribution in [2.24, 2.45) is 5.92 Å². The van der Waals surface area contributed by atoms with Gasteiger partial charge in [-0.1, -0.05) is 40.5 Å². The van der Waals surface area contributed by atoms with Crippen LogP contribution in [0.5, 0.6) is 0 Å². The van der Waals surface area contributed by atoms with Crippen molar-refractivity contribution in [1.82, 2.24) is 0 Å². The Hall–Kier alpha value is -2.02. The second kappa shape index (κ2) is 8.89. The first-order valence-electron chi connectivity index (χ1n) is 8.25. The number of nitrogens with zero attached hydrogens (tertiary/aromatic N) is 1. The molecule has 0 bridgehead atoms. The summed E-state index contributed by atoms with van der Waals surface area (Å²) in [5, 5.41) is 11.7. The number of esters is 1. The summed E-state index contributed by atoms with van der Waals surface area (Å²) in [4.78, 5) is 35.5. The van der Waals surface area contributed by atoms with Gasteiger partial charge in [-0.2, -0.15) is 0 Å². The van der Waals surface area contributed by atoms with Crippen LogP contribution in [0.4, 0.5) is 0 Å². The third-order valence-electron chi connectivity index (χ3n) is 4.33. The van der Waals surface area contributed by atoms with E-state index in [-0.39, 0.29) is 18.1 Å². The van der Waals surface area contributed by atoms with Gasteiger partial charge in [0.25, 0.3) is 5.70 Å². The molecule has 0 N–H and O–H groups in total. The van der Waals surface area contributed by atoms with Crippen LogP contribution in [0.3, 0.4) is 0 Å². The van der Waals surface area contributed by atoms with Gasteiger partial charge in [0.2, 0.25) is 0 Å². The molecule has 1 aliphatic carbocycles. The summed E-state index contributed by atoms with van der Waals surface area (Å²) in [6, 6.07) is 7.09. The second-order valence-electron chi connectivity index (χ2n) is 5.90. The predicted octanol–water partition coefficient (Wildman–Crippen LogP) is 4.02. The average molecular weight is 410 g/mol. The lowest BCUT2D eigenvalue weighted by Gasteiger charge is -2.28. The van der Waals surface area contributed by atoms with Gasteiger partial charge in [-0.05, 0) is 31.4 Å². The first-order valence-corrected chi connectivity index (χ1v) is 9.04. The number of benzene rings is 1. The summed E-state index contributed by atoms with van der Waals surface area (Å²) in [6.07, 6.45) is 3.53. The molecule has 1 aliphatic rings. The Balaban J connectivity index is 2.55. The summed E-state index contributed by atoms with van der Waals surface area (Å²) in [5.74, 6) is -2.07. The maximum atomic E-state index is 12.5. The number of hydrogen-bond donors (Lipinski definition) is 0. The van der Waals surface area contributed by atoms with E-state index >= 15 is 0 Å². The Bertz CT molecular complexity index is 700. The highest BCUT2D eigenvalue weighted by Gasteiger charge is 2.40. The van der Waals surface area contributed by atoms with Crippen molar-refractivity contribution in [3.05, 3.63) is 56.2 Å². The molecular formula is C18H20BrNO5. The van der Waals surface area contributed by atoms with E-state index in [2.05, 4.69) is 15.9 Å². The van der Waals surface area contributed by atoms with Gasteiger partial charge in [0.05, 0.1) is 23.5 Å². The molecule has 0 saturated heterocycles. The van der Waals surface area contributed by atoms with Crippen molar-refractivity contribution >= 4 is 27.7 Å². The molecule has 2 rings (SSSR count). The van der Waals surface area contributed by atoms with Gasteiger partial charge in [0.1, 0.15) is 5.78 Å². The molecule has 0 spiro atoms. The third-order valence-corrected chi connectivity index (χ3v) is 5.05. The number of carbonyl (C=O) groups excluding carboxylic acids is 2. The minimum Gasteiger partial charge on any atom is -0.463 e. The number of hydrogen-bond acceptors (Lipinski definition) is 5. The Morgan fingerprint density at radius 2 is 2.16 bits per heavy atom. The van der Waals surface area contributed by atoms with Crippen LogP contribution in [0.1, 0.15) is 44.1 Å². The summed E-state index contributed by atoms with van der Waals surface area (Å²) in [6.45, 7) is 1.76. The van der Waals surface area contributed by atoms with Crippen molar-refractivity contribution in [3.63, 3.8) is 0 Å². The number of nitro groups is 1. The molecule has 6 nitrogen and oxygen atoms in total. The normalized spacial score (nSPS) is 19.4. The van der Waals surface area contributed by atoms with E-state index in [9.17, 15) is 19.7 Å². The van der Waals surface area contributed by atoms with Gasteiger partial charge in [-0.25, -0.2) is 4.79 Å². The summed E-state index contributed by atoms with van der Waals surface area (Å²) < 4.78 is 5.51. The standard InChI is InChI=1S/C18H20BrNO5/c1-2-25-17(22)11-15(20(23)24)18(12-7-3-5-9-14(12)19)13-8-4-6-10-16(13)21/h3,5,7,9,11,13,18H,2,4,6,8,10H2,1H3/b15-11-/t13-,18+/m1/s1. The largest absolute Gasteiger partial charge is 0.463 e. The fourth-order valence-electron chi connectivity index (χ4n) is 3.23. The quantitative estimate of drug-likeness (QED) is 0.306. The summed E-state index contributed by atoms with van der Waals surface area (Å²) in [7, 11) is 0. The number of rotatable bonds is 6. The van der Waals surface area contributed by atoms with Crippen LogP contribution in [-0.2, 0) is 14.3 Å². The van der Waals surface area contributed by atoms with Crippen molar-refractivity contribution in [2.75, 3.05) is 6.61 Å². The van der Waals surface area contributed by atoms with E-state index in [1.165, 1.54) is 0 Å². The molecule has 1 aromatic rings. The molecule has 0 aromatic heterocycles. The number of ketones is 1. The molecule has 1 saturated carbocycles. The predicted molar refractivity (Wildman–Crippen MR) is 95.6 cm³/mol. The highest BCUT2D eigenvalue weighted by atomic mass is 79.9. The van der Waals surface area contributed by atoms with E-state index < -0.39 is 22.7 Å². The SMILES string of the molecule is CCOC(=O)/C=C(/[C@@H](c1ccccc1Br)[C@@H]1CCCCC1=O)[N+](=O)[O-]. The lowest BCUT2D eigenvalue weighted by atomic mass is 9.74. The number of Topliss-reactive ketones (excluding diaryl/α,β-unsaturated/α-hetero) is 1. The highest BCUT2D eigenvalue weighted by Crippen LogP contribution is 2.41. The van der Waals surface area contributed by atoms with Crippen molar-refractivity contribution < 1.29 is 19.2 Å². The average Bonchev–Trinajstić information content (AvgIpc) is 2.57. The zero-order chi connectivity index (χ0) is 18.4. The minimum absolute atomic E-state index is 0.00334. The highest BCUT2D eigenvalue weighted by molar-refractivity contribution is 9.10. The van der Waals surface area contributed by atoms with Crippen LogP contribution in [-0.4, -0.2) is 23.3 Å². The molecule has 0 amide bonds. The first kappa shape index (κ1) is 19.3. The van der Waals surface area contributed by atoms with Crippen LogP contribution < -0.4 is 0 Å². The van der Waals surface area contributed by atoms with E-state index in [0.29, 0.717) is 22.9 Å². The van der Waals surface area contributed by atoms with Crippen molar-refractivity contribution in [1.29, 1.82) is 0 Å². The third kappa shape index (κ3) is 4.75. The lowest BCUT2D eigenvalue weighted by molar-refractivity contribution is -0.431. The molecule has 0 radical (unpaired) electrons. The molecule has 2 atom stereocenters. The molecule has 25 heavy (non-hydrogen) atoms. The van der Waals surface area contributed by atoms with Gasteiger partial charge in [-0.3, -0.25) is 14.9 Å². The number of allylic oxidation sites excluding steroid dienone is 1. The van der Waals surface area contributed by atoms with Gasteiger partial charge < -0.3 is 4.74 Å². The second-order valence-corrected chi connectivity index (χ2v) is 6.75. The Morgan fingerprint density at radius 1 is 1.44 bits per heavy atom. The van der Waals surface area contributed by atoms with Crippen molar-refractivity contribution in [3.8, 4) is 0 Å². The fourth-order valence-corrected chi connectivity index (χ4v) is 3.76. The molecule has 0 unspecified atom stereocenters. The van der Waals surface area contributed by atoms with Crippen LogP contribution in [0.25, 0.3) is 0 Å². The number of carbonyl (C=O) groups is 2. The molecule has 134 valence electrons. The summed E-state index contributed by atoms with van der Waals surface area (Å²) in [5.41, 5.74) is 0.334. The maximum absolute atomic E-state index is 12.5. The Kier molecular flexibility index (Phi) is 6.87. The molecule has 7 heteroatoms. The minimum atomic E-state index is -0.789. The van der Waals surface area contributed by atoms with E-state index in [1.807, 2.05) is 0 Å².